The minimum atomic E-state index is 0.614. The summed E-state index contributed by atoms with van der Waals surface area (Å²) >= 11 is 1.60. The Hall–Kier alpha value is -1.62. The highest BCUT2D eigenvalue weighted by Crippen LogP contribution is 2.36. The van der Waals surface area contributed by atoms with Crippen LogP contribution in [-0.4, -0.2) is 16.4 Å². The van der Waals surface area contributed by atoms with E-state index in [1.807, 2.05) is 49.8 Å². The Morgan fingerprint density at radius 1 is 1.44 bits per heavy atom. The Balaban J connectivity index is 2.29. The first-order valence-electron chi connectivity index (χ1n) is 5.81. The fraction of sp³-hybridized carbons (Fsp3) is 0.308. The molecule has 2 N–H and O–H groups in total. The molecule has 0 unspecified atom stereocenters. The predicted octanol–water partition coefficient (Wildman–Crippen LogP) is 2.86. The third kappa shape index (κ3) is 2.61. The molecule has 2 aromatic rings. The second-order valence-corrected chi connectivity index (χ2v) is 5.01. The molecule has 18 heavy (non-hydrogen) atoms. The van der Waals surface area contributed by atoms with Crippen molar-refractivity contribution >= 4 is 17.4 Å². The van der Waals surface area contributed by atoms with Crippen molar-refractivity contribution in [3.63, 3.8) is 0 Å². The van der Waals surface area contributed by atoms with Crippen LogP contribution in [-0.2, 0) is 7.05 Å². The number of aryl methyl sites for hydroxylation is 2. The second kappa shape index (κ2) is 5.35. The van der Waals surface area contributed by atoms with Gasteiger partial charge in [-0.15, -0.1) is 0 Å². The second-order valence-electron chi connectivity index (χ2n) is 3.95. The van der Waals surface area contributed by atoms with Gasteiger partial charge in [-0.2, -0.15) is 5.10 Å². The standard InChI is InChI=1S/C13H17N3OS/c1-4-17-10-6-5-7-11(13(10)14)18-12-8-9(2)15-16(12)3/h5-8H,4,14H2,1-3H3. The number of benzene rings is 1. The molecule has 0 spiro atoms. The monoisotopic (exact) mass is 263 g/mol. The number of para-hydroxylation sites is 1. The maximum atomic E-state index is 6.10. The normalized spacial score (nSPS) is 10.6. The molecule has 1 heterocycles. The number of nitrogen functional groups attached to an aromatic ring is 1. The number of nitrogens with zero attached hydrogens (tertiary/aromatic N) is 2. The zero-order valence-electron chi connectivity index (χ0n) is 10.8. The van der Waals surface area contributed by atoms with Gasteiger partial charge < -0.3 is 10.5 Å². The van der Waals surface area contributed by atoms with Crippen LogP contribution in [0.15, 0.2) is 34.2 Å². The van der Waals surface area contributed by atoms with Gasteiger partial charge in [-0.3, -0.25) is 4.68 Å². The first-order chi connectivity index (χ1) is 8.61. The van der Waals surface area contributed by atoms with E-state index in [4.69, 9.17) is 10.5 Å². The molecule has 1 aromatic carbocycles. The van der Waals surface area contributed by atoms with Gasteiger partial charge in [0, 0.05) is 11.9 Å². The van der Waals surface area contributed by atoms with Gasteiger partial charge in [0.15, 0.2) is 0 Å². The lowest BCUT2D eigenvalue weighted by Gasteiger charge is -2.10. The molecule has 0 saturated carbocycles. The Morgan fingerprint density at radius 2 is 2.22 bits per heavy atom. The Kier molecular flexibility index (Phi) is 3.81. The van der Waals surface area contributed by atoms with Gasteiger partial charge in [-0.05, 0) is 32.0 Å². The number of aromatic nitrogens is 2. The van der Waals surface area contributed by atoms with Crippen LogP contribution in [0.4, 0.5) is 5.69 Å². The first kappa shape index (κ1) is 12.8. The zero-order chi connectivity index (χ0) is 13.1. The van der Waals surface area contributed by atoms with Crippen molar-refractivity contribution in [3.8, 4) is 5.75 Å². The molecule has 0 radical (unpaired) electrons. The highest BCUT2D eigenvalue weighted by molar-refractivity contribution is 7.99. The van der Waals surface area contributed by atoms with Gasteiger partial charge >= 0.3 is 0 Å². The molecule has 4 nitrogen and oxygen atoms in total. The van der Waals surface area contributed by atoms with Crippen molar-refractivity contribution < 1.29 is 4.74 Å². The van der Waals surface area contributed by atoms with Gasteiger partial charge in [0.1, 0.15) is 5.75 Å². The lowest BCUT2D eigenvalue weighted by atomic mass is 10.3. The van der Waals surface area contributed by atoms with E-state index in [2.05, 4.69) is 5.10 Å². The summed E-state index contributed by atoms with van der Waals surface area (Å²) in [6, 6.07) is 7.87. The molecule has 96 valence electrons. The van der Waals surface area contributed by atoms with Gasteiger partial charge in [-0.1, -0.05) is 17.8 Å². The molecule has 0 aliphatic rings. The summed E-state index contributed by atoms with van der Waals surface area (Å²) in [5, 5.41) is 5.38. The third-order valence-electron chi connectivity index (χ3n) is 2.50. The number of ether oxygens (including phenoxy) is 1. The maximum Gasteiger partial charge on any atom is 0.143 e. The predicted molar refractivity (Wildman–Crippen MR) is 74.1 cm³/mol. The van der Waals surface area contributed by atoms with Crippen LogP contribution in [0.25, 0.3) is 0 Å². The fourth-order valence-corrected chi connectivity index (χ4v) is 2.67. The van der Waals surface area contributed by atoms with E-state index in [1.54, 1.807) is 11.8 Å². The highest BCUT2D eigenvalue weighted by atomic mass is 32.2. The van der Waals surface area contributed by atoms with Crippen molar-refractivity contribution in [2.45, 2.75) is 23.8 Å². The quantitative estimate of drug-likeness (QED) is 0.862. The Labute approximate surface area is 111 Å². The molecular weight excluding hydrogens is 246 g/mol. The largest absolute Gasteiger partial charge is 0.492 e. The number of hydrogen-bond donors (Lipinski definition) is 1. The Bertz CT molecular complexity index is 551. The summed E-state index contributed by atoms with van der Waals surface area (Å²) in [5.41, 5.74) is 7.78. The van der Waals surface area contributed by atoms with Crippen LogP contribution in [0.3, 0.4) is 0 Å². The molecule has 0 atom stereocenters. The lowest BCUT2D eigenvalue weighted by Crippen LogP contribution is -1.98. The fourth-order valence-electron chi connectivity index (χ4n) is 1.69. The SMILES string of the molecule is CCOc1cccc(Sc2cc(C)nn2C)c1N. The lowest BCUT2D eigenvalue weighted by molar-refractivity contribution is 0.341. The van der Waals surface area contributed by atoms with Gasteiger partial charge in [0.2, 0.25) is 0 Å². The summed E-state index contributed by atoms with van der Waals surface area (Å²) in [7, 11) is 1.93. The van der Waals surface area contributed by atoms with Gasteiger partial charge in [0.25, 0.3) is 0 Å². The molecule has 1 aromatic heterocycles. The third-order valence-corrected chi connectivity index (χ3v) is 3.67. The first-order valence-corrected chi connectivity index (χ1v) is 6.63. The summed E-state index contributed by atoms with van der Waals surface area (Å²) in [5.74, 6) is 0.737. The maximum absolute atomic E-state index is 6.10. The van der Waals surface area contributed by atoms with E-state index < -0.39 is 0 Å². The van der Waals surface area contributed by atoms with E-state index in [0.717, 1.165) is 21.4 Å². The van der Waals surface area contributed by atoms with E-state index in [0.29, 0.717) is 12.3 Å². The van der Waals surface area contributed by atoms with Gasteiger partial charge in [-0.25, -0.2) is 0 Å². The van der Waals surface area contributed by atoms with Crippen LogP contribution in [0.2, 0.25) is 0 Å². The molecule has 0 amide bonds. The topological polar surface area (TPSA) is 53.1 Å². The highest BCUT2D eigenvalue weighted by Gasteiger charge is 2.10. The smallest absolute Gasteiger partial charge is 0.143 e. The summed E-state index contributed by atoms with van der Waals surface area (Å²) in [6.07, 6.45) is 0. The van der Waals surface area contributed by atoms with Crippen molar-refractivity contribution in [2.75, 3.05) is 12.3 Å². The average molecular weight is 263 g/mol. The summed E-state index contributed by atoms with van der Waals surface area (Å²) < 4.78 is 7.34. The summed E-state index contributed by atoms with van der Waals surface area (Å²) in [6.45, 7) is 4.54. The van der Waals surface area contributed by atoms with Crippen LogP contribution >= 0.6 is 11.8 Å². The zero-order valence-corrected chi connectivity index (χ0v) is 11.6. The summed E-state index contributed by atoms with van der Waals surface area (Å²) in [4.78, 5) is 0.990. The van der Waals surface area contributed by atoms with E-state index in [9.17, 15) is 0 Å². The molecule has 0 bridgehead atoms. The molecule has 0 aliphatic heterocycles. The van der Waals surface area contributed by atoms with Crippen LogP contribution in [0, 0.1) is 6.92 Å². The van der Waals surface area contributed by atoms with Crippen molar-refractivity contribution in [1.82, 2.24) is 9.78 Å². The van der Waals surface area contributed by atoms with Crippen molar-refractivity contribution in [1.29, 1.82) is 0 Å². The van der Waals surface area contributed by atoms with Crippen molar-refractivity contribution in [3.05, 3.63) is 30.0 Å². The average Bonchev–Trinajstić information content (AvgIpc) is 2.63. The number of anilines is 1. The molecular formula is C13H17N3OS. The van der Waals surface area contributed by atoms with Crippen LogP contribution < -0.4 is 10.5 Å². The van der Waals surface area contributed by atoms with E-state index in [-0.39, 0.29) is 0 Å². The Morgan fingerprint density at radius 3 is 2.83 bits per heavy atom. The molecule has 2 rings (SSSR count). The van der Waals surface area contributed by atoms with Crippen LogP contribution in [0.5, 0.6) is 5.75 Å². The molecule has 0 saturated heterocycles. The van der Waals surface area contributed by atoms with Crippen molar-refractivity contribution in [2.24, 2.45) is 7.05 Å². The number of hydrogen-bond acceptors (Lipinski definition) is 4. The molecule has 0 fully saturated rings. The minimum Gasteiger partial charge on any atom is -0.492 e. The minimum absolute atomic E-state index is 0.614. The number of rotatable bonds is 4. The van der Waals surface area contributed by atoms with Gasteiger partial charge in [0.05, 0.1) is 23.0 Å². The van der Waals surface area contributed by atoms with E-state index in [1.165, 1.54) is 0 Å². The number of nitrogens with two attached hydrogens (primary N) is 1. The molecule has 5 heteroatoms. The van der Waals surface area contributed by atoms with E-state index >= 15 is 0 Å². The molecule has 0 aliphatic carbocycles. The van der Waals surface area contributed by atoms with Crippen LogP contribution in [0.1, 0.15) is 12.6 Å².